The van der Waals surface area contributed by atoms with Crippen LogP contribution in [0.1, 0.15) is 0 Å². The van der Waals surface area contributed by atoms with E-state index in [9.17, 15) is 9.50 Å². The van der Waals surface area contributed by atoms with Crippen molar-refractivity contribution in [3.63, 3.8) is 0 Å². The summed E-state index contributed by atoms with van der Waals surface area (Å²) in [4.78, 5) is 0. The molecule has 37 heavy (non-hydrogen) atoms. The third-order valence-corrected chi connectivity index (χ3v) is 7.06. The van der Waals surface area contributed by atoms with Crippen LogP contribution in [0.3, 0.4) is 0 Å². The summed E-state index contributed by atoms with van der Waals surface area (Å²) in [6.45, 7) is 0. The van der Waals surface area contributed by atoms with Crippen molar-refractivity contribution in [2.75, 3.05) is 0 Å². The molecule has 0 saturated carbocycles. The summed E-state index contributed by atoms with van der Waals surface area (Å²) in [5.74, 6) is -0.476. The van der Waals surface area contributed by atoms with Gasteiger partial charge in [-0.25, -0.2) is 4.39 Å². The van der Waals surface area contributed by atoms with Crippen LogP contribution in [0.25, 0.3) is 54.6 Å². The van der Waals surface area contributed by atoms with Crippen LogP contribution in [0.2, 0.25) is 10.0 Å². The lowest BCUT2D eigenvalue weighted by atomic mass is 9.97. The number of phenols is 1. The second kappa shape index (κ2) is 9.44. The molecule has 0 bridgehead atoms. The highest BCUT2D eigenvalue weighted by Crippen LogP contribution is 2.39. The lowest BCUT2D eigenvalue weighted by molar-refractivity contribution is 0.477. The van der Waals surface area contributed by atoms with Gasteiger partial charge in [-0.1, -0.05) is 108 Å². The van der Waals surface area contributed by atoms with Gasteiger partial charge in [0.2, 0.25) is 0 Å². The summed E-state index contributed by atoms with van der Waals surface area (Å²) >= 11 is 12.0. The van der Waals surface area contributed by atoms with Crippen LogP contribution in [-0.2, 0) is 0 Å². The van der Waals surface area contributed by atoms with Crippen LogP contribution < -0.4 is 0 Å². The second-order valence-corrected chi connectivity index (χ2v) is 9.48. The molecule has 0 radical (unpaired) electrons. The molecule has 0 amide bonds. The van der Waals surface area contributed by atoms with Crippen molar-refractivity contribution in [2.45, 2.75) is 0 Å². The van der Waals surface area contributed by atoms with Crippen LogP contribution in [0, 0.1) is 5.82 Å². The Bertz CT molecular complexity index is 1940. The molecule has 6 aromatic carbocycles. The molecule has 0 aliphatic heterocycles. The van der Waals surface area contributed by atoms with Gasteiger partial charge in [-0.3, -0.25) is 0 Å². The Balaban J connectivity index is 0.000000136. The molecule has 0 unspecified atom stereocenters. The molecule has 7 aromatic rings. The minimum Gasteiger partial charge on any atom is -0.507 e. The van der Waals surface area contributed by atoms with Crippen LogP contribution in [0.5, 0.6) is 5.75 Å². The number of phenolic OH excluding ortho intramolecular Hbond substituents is 1. The van der Waals surface area contributed by atoms with E-state index in [0.29, 0.717) is 16.1 Å². The summed E-state index contributed by atoms with van der Waals surface area (Å²) < 4.78 is 20.0. The van der Waals surface area contributed by atoms with Crippen molar-refractivity contribution in [1.82, 2.24) is 0 Å². The maximum Gasteiger partial charge on any atom is 0.154 e. The van der Waals surface area contributed by atoms with Gasteiger partial charge in [-0.05, 0) is 45.8 Å². The average molecular weight is 525 g/mol. The van der Waals surface area contributed by atoms with E-state index in [2.05, 4.69) is 24.3 Å². The Morgan fingerprint density at radius 1 is 0.595 bits per heavy atom. The molecule has 0 atom stereocenters. The number of para-hydroxylation sites is 1. The molecule has 0 aliphatic carbocycles. The minimum atomic E-state index is -0.518. The van der Waals surface area contributed by atoms with Crippen LogP contribution >= 0.6 is 23.2 Å². The topological polar surface area (TPSA) is 33.4 Å². The van der Waals surface area contributed by atoms with Crippen molar-refractivity contribution in [1.29, 1.82) is 0 Å². The number of hydrogen-bond acceptors (Lipinski definition) is 2. The van der Waals surface area contributed by atoms with E-state index in [1.165, 1.54) is 16.8 Å². The summed E-state index contributed by atoms with van der Waals surface area (Å²) in [6.07, 6.45) is 0. The summed E-state index contributed by atoms with van der Waals surface area (Å²) in [6, 6.07) is 33.9. The fourth-order valence-electron chi connectivity index (χ4n) is 4.77. The van der Waals surface area contributed by atoms with Gasteiger partial charge in [-0.2, -0.15) is 0 Å². The Hall–Kier alpha value is -4.05. The number of benzene rings is 6. The first-order valence-corrected chi connectivity index (χ1v) is 12.4. The van der Waals surface area contributed by atoms with E-state index in [0.717, 1.165) is 32.7 Å². The van der Waals surface area contributed by atoms with E-state index in [4.69, 9.17) is 27.6 Å². The molecule has 2 nitrogen and oxygen atoms in total. The maximum absolute atomic E-state index is 14.2. The lowest BCUT2D eigenvalue weighted by Crippen LogP contribution is -1.88. The quantitative estimate of drug-likeness (QED) is 0.231. The zero-order valence-electron chi connectivity index (χ0n) is 19.4. The Kier molecular flexibility index (Phi) is 5.96. The van der Waals surface area contributed by atoms with E-state index in [1.807, 2.05) is 54.6 Å². The molecular formula is C32H19Cl2FO2. The van der Waals surface area contributed by atoms with Crippen molar-refractivity contribution in [2.24, 2.45) is 0 Å². The van der Waals surface area contributed by atoms with E-state index >= 15 is 0 Å². The first-order valence-electron chi connectivity index (χ1n) is 11.7. The van der Waals surface area contributed by atoms with Crippen molar-refractivity contribution in [3.05, 3.63) is 125 Å². The average Bonchev–Trinajstić information content (AvgIpc) is 3.32. The Labute approximate surface area is 222 Å². The molecule has 7 rings (SSSR count). The standard InChI is InChI=1S/C16H10ClFO.C16H9ClO/c17-13-7-3-6-12(16(13)18)15-11-5-2-1-4-10(11)8-9-14(15)19;17-13-7-3-6-12-15-11-5-2-1-4-10(11)8-9-14(15)18-16(12)13/h1-9,19H;1-9H. The molecule has 1 heterocycles. The molecule has 1 N–H and O–H groups in total. The second-order valence-electron chi connectivity index (χ2n) is 8.66. The lowest BCUT2D eigenvalue weighted by Gasteiger charge is -2.11. The van der Waals surface area contributed by atoms with Crippen molar-refractivity contribution < 1.29 is 13.9 Å². The van der Waals surface area contributed by atoms with Gasteiger partial charge in [0, 0.05) is 21.9 Å². The number of aromatic hydroxyl groups is 1. The number of furan rings is 1. The smallest absolute Gasteiger partial charge is 0.154 e. The molecule has 1 aromatic heterocycles. The maximum atomic E-state index is 14.2. The highest BCUT2D eigenvalue weighted by Gasteiger charge is 2.15. The van der Waals surface area contributed by atoms with Crippen LogP contribution in [0.4, 0.5) is 4.39 Å². The number of halogens is 3. The monoisotopic (exact) mass is 524 g/mol. The normalized spacial score (nSPS) is 11.2. The van der Waals surface area contributed by atoms with E-state index in [-0.39, 0.29) is 10.8 Å². The fourth-order valence-corrected chi connectivity index (χ4v) is 5.16. The molecular weight excluding hydrogens is 506 g/mol. The van der Waals surface area contributed by atoms with Crippen molar-refractivity contribution in [3.8, 4) is 16.9 Å². The summed E-state index contributed by atoms with van der Waals surface area (Å²) in [5.41, 5.74) is 2.43. The Morgan fingerprint density at radius 2 is 1.22 bits per heavy atom. The third-order valence-electron chi connectivity index (χ3n) is 6.47. The minimum absolute atomic E-state index is 0.0415. The summed E-state index contributed by atoms with van der Waals surface area (Å²) in [5, 5.41) is 17.2. The van der Waals surface area contributed by atoms with Gasteiger partial charge in [-0.15, -0.1) is 0 Å². The van der Waals surface area contributed by atoms with Crippen molar-refractivity contribution >= 4 is 66.7 Å². The number of hydrogen-bond donors (Lipinski definition) is 1. The predicted molar refractivity (Wildman–Crippen MR) is 152 cm³/mol. The first kappa shape index (κ1) is 23.4. The molecule has 5 heteroatoms. The number of rotatable bonds is 1. The zero-order chi connectivity index (χ0) is 25.5. The molecule has 0 aliphatic rings. The predicted octanol–water partition coefficient (Wildman–Crippen LogP) is 10.4. The molecule has 180 valence electrons. The van der Waals surface area contributed by atoms with Crippen LogP contribution in [-0.4, -0.2) is 5.11 Å². The summed E-state index contributed by atoms with van der Waals surface area (Å²) in [7, 11) is 0. The van der Waals surface area contributed by atoms with Gasteiger partial charge in [0.05, 0.1) is 10.0 Å². The van der Waals surface area contributed by atoms with Gasteiger partial charge in [0.15, 0.2) is 5.58 Å². The largest absolute Gasteiger partial charge is 0.507 e. The SMILES string of the molecule is Clc1cccc2c1oc1ccc3ccccc3c12.Oc1ccc2ccccc2c1-c1cccc(Cl)c1F. The molecule has 0 fully saturated rings. The van der Waals surface area contributed by atoms with E-state index in [1.54, 1.807) is 24.3 Å². The Morgan fingerprint density at radius 3 is 2.03 bits per heavy atom. The first-order chi connectivity index (χ1) is 18.0. The van der Waals surface area contributed by atoms with Gasteiger partial charge >= 0.3 is 0 Å². The van der Waals surface area contributed by atoms with Gasteiger partial charge in [0.1, 0.15) is 17.1 Å². The van der Waals surface area contributed by atoms with Gasteiger partial charge < -0.3 is 9.52 Å². The zero-order valence-corrected chi connectivity index (χ0v) is 20.9. The highest BCUT2D eigenvalue weighted by molar-refractivity contribution is 6.36. The van der Waals surface area contributed by atoms with Crippen LogP contribution in [0.15, 0.2) is 114 Å². The van der Waals surface area contributed by atoms with E-state index < -0.39 is 5.82 Å². The molecule has 0 saturated heterocycles. The molecule has 0 spiro atoms. The third kappa shape index (κ3) is 4.07. The highest BCUT2D eigenvalue weighted by atomic mass is 35.5. The number of fused-ring (bicyclic) bond motifs is 6. The fraction of sp³-hybridized carbons (Fsp3) is 0. The van der Waals surface area contributed by atoms with Gasteiger partial charge in [0.25, 0.3) is 0 Å².